The van der Waals surface area contributed by atoms with E-state index in [4.69, 9.17) is 18.5 Å². The van der Waals surface area contributed by atoms with Crippen LogP contribution in [-0.2, 0) is 32.7 Å². The van der Waals surface area contributed by atoms with E-state index in [1.165, 1.54) is 0 Å². The molecule has 2 atom stereocenters. The Balaban J connectivity index is 4.57. The van der Waals surface area contributed by atoms with E-state index in [1.54, 1.807) is 0 Å². The minimum Gasteiger partial charge on any atom is -0.462 e. The first-order valence-corrected chi connectivity index (χ1v) is 25.7. The van der Waals surface area contributed by atoms with Gasteiger partial charge >= 0.3 is 19.8 Å². The number of hydrogen-bond acceptors (Lipinski definition) is 7. The molecule has 0 saturated heterocycles. The van der Waals surface area contributed by atoms with Gasteiger partial charge in [-0.25, -0.2) is 4.57 Å². The second kappa shape index (κ2) is 45.8. The predicted octanol–water partition coefficient (Wildman–Crippen LogP) is 14.6. The van der Waals surface area contributed by atoms with E-state index in [9.17, 15) is 19.0 Å². The van der Waals surface area contributed by atoms with Gasteiger partial charge in [0.2, 0.25) is 0 Å². The number of esters is 2. The molecule has 0 bridgehead atoms. The number of likely N-dealkylation sites (N-methyl/N-ethyl adjacent to an activating group) is 1. The smallest absolute Gasteiger partial charge is 0.462 e. The molecule has 368 valence electrons. The van der Waals surface area contributed by atoms with Crippen molar-refractivity contribution in [2.45, 2.75) is 136 Å². The Morgan fingerprint density at radius 3 is 1.18 bits per heavy atom. The Labute approximate surface area is 401 Å². The molecular weight excluding hydrogens is 846 g/mol. The van der Waals surface area contributed by atoms with Crippen LogP contribution in [0.25, 0.3) is 0 Å². The quantitative estimate of drug-likeness (QED) is 0.0212. The Kier molecular flexibility index (Phi) is 42.7. The average molecular weight is 933 g/mol. The molecule has 1 N–H and O–H groups in total. The first kappa shape index (κ1) is 61.6. The molecule has 0 radical (unpaired) electrons. The van der Waals surface area contributed by atoms with Gasteiger partial charge in [0, 0.05) is 12.8 Å². The van der Waals surface area contributed by atoms with E-state index >= 15 is 0 Å². The number of rotatable bonds is 41. The fourth-order valence-corrected chi connectivity index (χ4v) is 6.12. The number of carbonyl (C=O) groups is 2. The number of hydrogen-bond donors (Lipinski definition) is 1. The van der Waals surface area contributed by atoms with Crippen LogP contribution in [0, 0.1) is 0 Å². The van der Waals surface area contributed by atoms with Crippen LogP contribution in [-0.4, -0.2) is 74.9 Å². The fraction of sp³-hybridized carbons (Fsp3) is 0.500. The molecular formula is C56H87NO8P+. The standard InChI is InChI=1S/C56H86NO8P/c1-6-8-10-12-14-16-18-20-22-24-26-27-28-29-31-33-35-37-39-41-43-45-47-49-56(59)65-54(53-64-66(60,61)63-51-50-57(3,4)5)52-62-55(58)48-46-44-42-40-38-36-34-32-30-25-23-21-19-17-15-13-11-9-7-2/h8-11,14-17,20-23,26-27,29-32,35-38,41-44,54H,6-7,12-13,18-19,24-25,28,33-34,39-40,45-53H2,1-5H3/p+1/b10-8-,11-9-,16-14-,17-15-,22-20-,23-21-,27-26-,31-29-,32-30-,37-35-,38-36-,43-41-,44-42-. The summed E-state index contributed by atoms with van der Waals surface area (Å²) < 4.78 is 34.2. The van der Waals surface area contributed by atoms with Gasteiger partial charge in [-0.05, 0) is 103 Å². The highest BCUT2D eigenvalue weighted by Gasteiger charge is 2.27. The molecule has 0 aromatic rings. The number of phosphoric acid groups is 1. The van der Waals surface area contributed by atoms with Crippen LogP contribution in [0.15, 0.2) is 158 Å². The average Bonchev–Trinajstić information content (AvgIpc) is 3.27. The van der Waals surface area contributed by atoms with Crippen molar-refractivity contribution in [1.82, 2.24) is 0 Å². The molecule has 0 saturated carbocycles. The number of phosphoric ester groups is 1. The van der Waals surface area contributed by atoms with Crippen LogP contribution in [0.2, 0.25) is 0 Å². The molecule has 9 nitrogen and oxygen atoms in total. The third-order valence-corrected chi connectivity index (χ3v) is 10.1. The molecule has 0 aliphatic carbocycles. The lowest BCUT2D eigenvalue weighted by Crippen LogP contribution is -2.37. The van der Waals surface area contributed by atoms with E-state index in [0.29, 0.717) is 30.3 Å². The molecule has 0 aromatic carbocycles. The molecule has 0 rings (SSSR count). The van der Waals surface area contributed by atoms with Gasteiger partial charge < -0.3 is 18.9 Å². The third-order valence-electron chi connectivity index (χ3n) is 9.07. The summed E-state index contributed by atoms with van der Waals surface area (Å²) in [7, 11) is 1.37. The Morgan fingerprint density at radius 2 is 0.818 bits per heavy atom. The third kappa shape index (κ3) is 49.1. The first-order chi connectivity index (χ1) is 32.0. The molecule has 10 heteroatoms. The summed E-state index contributed by atoms with van der Waals surface area (Å²) in [5.74, 6) is -0.985. The van der Waals surface area contributed by atoms with Crippen molar-refractivity contribution in [2.75, 3.05) is 47.5 Å². The van der Waals surface area contributed by atoms with E-state index in [1.807, 2.05) is 39.4 Å². The molecule has 0 aromatic heterocycles. The van der Waals surface area contributed by atoms with Gasteiger partial charge in [-0.2, -0.15) is 0 Å². The van der Waals surface area contributed by atoms with Gasteiger partial charge in [-0.15, -0.1) is 0 Å². The summed E-state index contributed by atoms with van der Waals surface area (Å²) in [5.41, 5.74) is 0. The summed E-state index contributed by atoms with van der Waals surface area (Å²) in [5, 5.41) is 0. The van der Waals surface area contributed by atoms with Crippen LogP contribution in [0.3, 0.4) is 0 Å². The molecule has 2 unspecified atom stereocenters. The fourth-order valence-electron chi connectivity index (χ4n) is 5.38. The molecule has 0 aliphatic rings. The predicted molar refractivity (Wildman–Crippen MR) is 279 cm³/mol. The lowest BCUT2D eigenvalue weighted by atomic mass is 10.2. The lowest BCUT2D eigenvalue weighted by molar-refractivity contribution is -0.870. The van der Waals surface area contributed by atoms with Crippen molar-refractivity contribution in [1.29, 1.82) is 0 Å². The molecule has 66 heavy (non-hydrogen) atoms. The maximum absolute atomic E-state index is 12.7. The van der Waals surface area contributed by atoms with Gasteiger partial charge in [0.15, 0.2) is 6.10 Å². The van der Waals surface area contributed by atoms with E-state index < -0.39 is 32.5 Å². The topological polar surface area (TPSA) is 108 Å². The van der Waals surface area contributed by atoms with Crippen LogP contribution < -0.4 is 0 Å². The van der Waals surface area contributed by atoms with Crippen molar-refractivity contribution < 1.29 is 42.1 Å². The molecule has 0 amide bonds. The Bertz CT molecular complexity index is 1670. The normalized spacial score (nSPS) is 14.8. The maximum Gasteiger partial charge on any atom is 0.472 e. The molecule has 0 fully saturated rings. The largest absolute Gasteiger partial charge is 0.472 e. The maximum atomic E-state index is 12.7. The number of quaternary nitrogens is 1. The summed E-state index contributed by atoms with van der Waals surface area (Å²) in [6.45, 7) is 4.00. The summed E-state index contributed by atoms with van der Waals surface area (Å²) in [6, 6.07) is 0. The van der Waals surface area contributed by atoms with Crippen LogP contribution >= 0.6 is 7.82 Å². The highest BCUT2D eigenvalue weighted by atomic mass is 31.2. The van der Waals surface area contributed by atoms with Crippen LogP contribution in [0.4, 0.5) is 0 Å². The number of ether oxygens (including phenoxy) is 2. The zero-order valence-electron chi connectivity index (χ0n) is 41.3. The molecule has 0 heterocycles. The Morgan fingerprint density at radius 1 is 0.470 bits per heavy atom. The van der Waals surface area contributed by atoms with Gasteiger partial charge in [0.25, 0.3) is 0 Å². The zero-order valence-corrected chi connectivity index (χ0v) is 42.2. The second-order valence-corrected chi connectivity index (χ2v) is 17.8. The van der Waals surface area contributed by atoms with Crippen molar-refractivity contribution in [3.8, 4) is 0 Å². The second-order valence-electron chi connectivity index (χ2n) is 16.4. The monoisotopic (exact) mass is 933 g/mol. The van der Waals surface area contributed by atoms with Gasteiger partial charge in [0.05, 0.1) is 27.7 Å². The molecule has 0 spiro atoms. The van der Waals surface area contributed by atoms with Crippen LogP contribution in [0.5, 0.6) is 0 Å². The Hall–Kier alpha value is -4.37. The van der Waals surface area contributed by atoms with Crippen molar-refractivity contribution in [3.05, 3.63) is 158 Å². The van der Waals surface area contributed by atoms with Gasteiger partial charge in [0.1, 0.15) is 19.8 Å². The highest BCUT2D eigenvalue weighted by Crippen LogP contribution is 2.43. The summed E-state index contributed by atoms with van der Waals surface area (Å²) in [6.07, 6.45) is 68.9. The van der Waals surface area contributed by atoms with Crippen molar-refractivity contribution in [3.63, 3.8) is 0 Å². The SMILES string of the molecule is CC/C=C\C/C=C\C/C=C\C/C=C\C/C=C\C/C=C\C/C=C\CCCC(=O)OC(COC(=O)CC/C=C\C/C=C\C/C=C\C/C=C\C/C=C\C/C=C\CC)COP(=O)(O)OCC[N+](C)(C)C. The highest BCUT2D eigenvalue weighted by molar-refractivity contribution is 7.47. The molecule has 0 aliphatic heterocycles. The number of unbranched alkanes of at least 4 members (excludes halogenated alkanes) is 1. The summed E-state index contributed by atoms with van der Waals surface area (Å²) >= 11 is 0. The van der Waals surface area contributed by atoms with Gasteiger partial charge in [-0.3, -0.25) is 18.6 Å². The number of allylic oxidation sites excluding steroid dienone is 26. The first-order valence-electron chi connectivity index (χ1n) is 24.2. The number of carbonyl (C=O) groups excluding carboxylic acids is 2. The van der Waals surface area contributed by atoms with Gasteiger partial charge in [-0.1, -0.05) is 172 Å². The minimum atomic E-state index is -4.43. The number of nitrogens with zero attached hydrogens (tertiary/aromatic N) is 1. The van der Waals surface area contributed by atoms with E-state index in [-0.39, 0.29) is 26.1 Å². The van der Waals surface area contributed by atoms with E-state index in [2.05, 4.69) is 154 Å². The summed E-state index contributed by atoms with van der Waals surface area (Å²) in [4.78, 5) is 35.4. The minimum absolute atomic E-state index is 0.00107. The zero-order chi connectivity index (χ0) is 48.5. The lowest BCUT2D eigenvalue weighted by Gasteiger charge is -2.24. The van der Waals surface area contributed by atoms with E-state index in [0.717, 1.165) is 83.5 Å². The van der Waals surface area contributed by atoms with Crippen molar-refractivity contribution in [2.24, 2.45) is 0 Å². The van der Waals surface area contributed by atoms with Crippen LogP contribution in [0.1, 0.15) is 129 Å². The van der Waals surface area contributed by atoms with Crippen molar-refractivity contribution >= 4 is 19.8 Å².